The molecule has 11 heteroatoms. The Bertz CT molecular complexity index is 919. The Hall–Kier alpha value is -1.85. The van der Waals surface area contributed by atoms with E-state index in [9.17, 15) is 9.59 Å². The van der Waals surface area contributed by atoms with E-state index in [0.717, 1.165) is 18.3 Å². The van der Waals surface area contributed by atoms with Gasteiger partial charge in [-0.25, -0.2) is 14.8 Å². The van der Waals surface area contributed by atoms with Crippen molar-refractivity contribution in [3.05, 3.63) is 12.4 Å². The number of aromatic nitrogens is 2. The third-order valence-electron chi connectivity index (χ3n) is 6.84. The minimum atomic E-state index is -0.638. The summed E-state index contributed by atoms with van der Waals surface area (Å²) in [6.07, 6.45) is 4.75. The summed E-state index contributed by atoms with van der Waals surface area (Å²) >= 11 is 1.52. The second-order valence-electron chi connectivity index (χ2n) is 11.9. The van der Waals surface area contributed by atoms with Crippen LogP contribution >= 0.6 is 11.8 Å². The van der Waals surface area contributed by atoms with E-state index in [1.807, 2.05) is 46.4 Å². The average molecular weight is 521 g/mol. The van der Waals surface area contributed by atoms with Crippen LogP contribution in [0.4, 0.5) is 4.79 Å². The van der Waals surface area contributed by atoms with Gasteiger partial charge in [-0.1, -0.05) is 25.6 Å². The second-order valence-corrected chi connectivity index (χ2v) is 12.9. The largest absolute Gasteiger partial charge is 0.498 e. The summed E-state index contributed by atoms with van der Waals surface area (Å²) < 4.78 is 17.5. The molecule has 3 heterocycles. The standard InChI is InChI=1S/C25H41BN4O5S/c1-16(2)19(29-22(32)33-23(3,4)5)20(31)30-12-10-11-18(30)15-36-21-27-13-17(14-28-21)26-34-24(6,7)25(8,9)35-26/h13-14,16,18-19H,10-12,15H2,1-9H3,(H,29,32)/t18-,19-/m0/s1. The molecule has 0 aliphatic carbocycles. The predicted molar refractivity (Wildman–Crippen MR) is 141 cm³/mol. The lowest BCUT2D eigenvalue weighted by atomic mass is 9.81. The highest BCUT2D eigenvalue weighted by molar-refractivity contribution is 7.99. The lowest BCUT2D eigenvalue weighted by Gasteiger charge is -2.32. The van der Waals surface area contributed by atoms with Gasteiger partial charge in [0.25, 0.3) is 0 Å². The molecule has 2 fully saturated rings. The van der Waals surface area contributed by atoms with Crippen molar-refractivity contribution in [1.82, 2.24) is 20.2 Å². The fraction of sp³-hybridized carbons (Fsp3) is 0.760. The summed E-state index contributed by atoms with van der Waals surface area (Å²) in [5.41, 5.74) is -0.686. The molecule has 0 radical (unpaired) electrons. The molecule has 1 N–H and O–H groups in total. The van der Waals surface area contributed by atoms with E-state index in [4.69, 9.17) is 14.0 Å². The molecule has 0 saturated carbocycles. The van der Waals surface area contributed by atoms with Gasteiger partial charge < -0.3 is 24.3 Å². The van der Waals surface area contributed by atoms with Gasteiger partial charge in [0.05, 0.1) is 11.2 Å². The van der Waals surface area contributed by atoms with Crippen molar-refractivity contribution in [2.24, 2.45) is 5.92 Å². The summed E-state index contributed by atoms with van der Waals surface area (Å²) in [7, 11) is -0.498. The Morgan fingerprint density at radius 2 is 1.78 bits per heavy atom. The van der Waals surface area contributed by atoms with Crippen LogP contribution in [0, 0.1) is 5.92 Å². The molecule has 2 amide bonds. The Morgan fingerprint density at radius 1 is 1.19 bits per heavy atom. The van der Waals surface area contributed by atoms with E-state index in [2.05, 4.69) is 15.3 Å². The van der Waals surface area contributed by atoms with E-state index in [1.165, 1.54) is 11.8 Å². The summed E-state index contributed by atoms with van der Waals surface area (Å²) in [6, 6.07) is -0.587. The van der Waals surface area contributed by atoms with E-state index in [-0.39, 0.29) is 17.9 Å². The lowest BCUT2D eigenvalue weighted by Crippen LogP contribution is -2.53. The number of thioether (sulfide) groups is 1. The monoisotopic (exact) mass is 520 g/mol. The van der Waals surface area contributed by atoms with Gasteiger partial charge in [-0.15, -0.1) is 0 Å². The van der Waals surface area contributed by atoms with Crippen molar-refractivity contribution in [2.45, 2.75) is 109 Å². The number of nitrogens with zero attached hydrogens (tertiary/aromatic N) is 3. The third kappa shape index (κ3) is 6.92. The first-order valence-electron chi connectivity index (χ1n) is 12.7. The average Bonchev–Trinajstić information content (AvgIpc) is 3.30. The zero-order chi connectivity index (χ0) is 26.9. The molecule has 0 spiro atoms. The zero-order valence-corrected chi connectivity index (χ0v) is 23.9. The van der Waals surface area contributed by atoms with Crippen molar-refractivity contribution in [1.29, 1.82) is 0 Å². The minimum absolute atomic E-state index is 0.0514. The molecular weight excluding hydrogens is 479 g/mol. The van der Waals surface area contributed by atoms with Crippen LogP contribution < -0.4 is 10.8 Å². The highest BCUT2D eigenvalue weighted by atomic mass is 32.2. The van der Waals surface area contributed by atoms with Crippen LogP contribution in [0.1, 0.15) is 75.2 Å². The van der Waals surface area contributed by atoms with Crippen LogP contribution in [0.25, 0.3) is 0 Å². The van der Waals surface area contributed by atoms with Gasteiger partial charge in [0, 0.05) is 36.2 Å². The van der Waals surface area contributed by atoms with E-state index >= 15 is 0 Å². The van der Waals surface area contributed by atoms with E-state index < -0.39 is 36.1 Å². The molecule has 200 valence electrons. The fourth-order valence-electron chi connectivity index (χ4n) is 4.10. The molecular formula is C25H41BN4O5S. The summed E-state index contributed by atoms with van der Waals surface area (Å²) in [5.74, 6) is 0.541. The first-order chi connectivity index (χ1) is 16.6. The van der Waals surface area contributed by atoms with Crippen LogP contribution in [-0.2, 0) is 18.8 Å². The van der Waals surface area contributed by atoms with Crippen molar-refractivity contribution in [3.8, 4) is 0 Å². The molecule has 2 aliphatic heterocycles. The van der Waals surface area contributed by atoms with Crippen molar-refractivity contribution in [3.63, 3.8) is 0 Å². The number of rotatable bonds is 7. The van der Waals surface area contributed by atoms with Crippen LogP contribution in [0.15, 0.2) is 17.6 Å². The normalized spacial score (nSPS) is 22.1. The maximum atomic E-state index is 13.4. The Labute approximate surface area is 220 Å². The van der Waals surface area contributed by atoms with Crippen molar-refractivity contribution in [2.75, 3.05) is 12.3 Å². The van der Waals surface area contributed by atoms with Gasteiger partial charge >= 0.3 is 13.2 Å². The topological polar surface area (TPSA) is 103 Å². The van der Waals surface area contributed by atoms with Crippen molar-refractivity contribution < 1.29 is 23.6 Å². The smallest absolute Gasteiger partial charge is 0.444 e. The quantitative estimate of drug-likeness (QED) is 0.332. The molecule has 1 aromatic heterocycles. The molecule has 2 atom stereocenters. The highest BCUT2D eigenvalue weighted by Crippen LogP contribution is 2.36. The molecule has 0 aromatic carbocycles. The van der Waals surface area contributed by atoms with Gasteiger partial charge in [-0.05, 0) is 67.2 Å². The molecule has 2 aliphatic rings. The maximum absolute atomic E-state index is 13.4. The number of likely N-dealkylation sites (tertiary alicyclic amines) is 1. The number of alkyl carbamates (subject to hydrolysis) is 1. The third-order valence-corrected chi connectivity index (χ3v) is 7.86. The molecule has 0 unspecified atom stereocenters. The van der Waals surface area contributed by atoms with Crippen molar-refractivity contribution >= 4 is 36.3 Å². The lowest BCUT2D eigenvalue weighted by molar-refractivity contribution is -0.135. The van der Waals surface area contributed by atoms with E-state index in [1.54, 1.807) is 33.2 Å². The number of ether oxygens (including phenoxy) is 1. The number of hydrogen-bond acceptors (Lipinski definition) is 8. The fourth-order valence-corrected chi connectivity index (χ4v) is 5.04. The first kappa shape index (κ1) is 28.7. The summed E-state index contributed by atoms with van der Waals surface area (Å²) in [6.45, 7) is 18.0. The predicted octanol–water partition coefficient (Wildman–Crippen LogP) is 3.41. The number of carbonyl (C=O) groups is 2. The summed E-state index contributed by atoms with van der Waals surface area (Å²) in [5, 5.41) is 3.42. The van der Waals surface area contributed by atoms with Crippen LogP contribution in [0.5, 0.6) is 0 Å². The van der Waals surface area contributed by atoms with Crippen LogP contribution in [-0.4, -0.2) is 75.2 Å². The molecule has 1 aromatic rings. The molecule has 0 bridgehead atoms. The number of nitrogens with one attached hydrogen (secondary N) is 1. The SMILES string of the molecule is CC(C)[C@H](NC(=O)OC(C)(C)C)C(=O)N1CCC[C@H]1CSc1ncc(B2OC(C)(C)C(C)(C)O2)cn1. The second kappa shape index (κ2) is 10.9. The molecule has 3 rings (SSSR count). The van der Waals surface area contributed by atoms with Crippen LogP contribution in [0.3, 0.4) is 0 Å². The van der Waals surface area contributed by atoms with Gasteiger partial charge in [0.15, 0.2) is 5.16 Å². The van der Waals surface area contributed by atoms with Crippen LogP contribution in [0.2, 0.25) is 0 Å². The Morgan fingerprint density at radius 3 is 2.31 bits per heavy atom. The highest BCUT2D eigenvalue weighted by Gasteiger charge is 2.52. The molecule has 2 saturated heterocycles. The van der Waals surface area contributed by atoms with E-state index in [0.29, 0.717) is 17.5 Å². The minimum Gasteiger partial charge on any atom is -0.444 e. The Kier molecular flexibility index (Phi) is 8.67. The maximum Gasteiger partial charge on any atom is 0.498 e. The molecule has 9 nitrogen and oxygen atoms in total. The Balaban J connectivity index is 1.58. The number of carbonyl (C=O) groups excluding carboxylic acids is 2. The molecule has 36 heavy (non-hydrogen) atoms. The van der Waals surface area contributed by atoms with Gasteiger partial charge in [0.2, 0.25) is 5.91 Å². The number of amides is 2. The summed E-state index contributed by atoms with van der Waals surface area (Å²) in [4.78, 5) is 36.6. The first-order valence-corrected chi connectivity index (χ1v) is 13.7. The van der Waals surface area contributed by atoms with Gasteiger partial charge in [-0.3, -0.25) is 4.79 Å². The van der Waals surface area contributed by atoms with Gasteiger partial charge in [-0.2, -0.15) is 0 Å². The van der Waals surface area contributed by atoms with Gasteiger partial charge in [0.1, 0.15) is 11.6 Å². The number of hydrogen-bond donors (Lipinski definition) is 1. The zero-order valence-electron chi connectivity index (χ0n) is 23.1.